The average molecular weight is 299 g/mol. The zero-order chi connectivity index (χ0) is 15.2. The van der Waals surface area contributed by atoms with Crippen molar-refractivity contribution >= 4 is 5.91 Å². The van der Waals surface area contributed by atoms with Crippen molar-refractivity contribution in [2.45, 2.75) is 25.9 Å². The standard InChI is InChI=1S/C16H21N5O/c22-16(14-6-3-7-17-8-14)19-9-13-4-1-2-5-15(13)10-21-12-18-11-20-21/h1-2,4-5,11-12,14,17H,3,6-10H2,(H,19,22). The van der Waals surface area contributed by atoms with E-state index in [9.17, 15) is 4.79 Å². The summed E-state index contributed by atoms with van der Waals surface area (Å²) in [5.74, 6) is 0.235. The van der Waals surface area contributed by atoms with Crippen LogP contribution in [0.2, 0.25) is 0 Å². The number of aromatic nitrogens is 3. The fourth-order valence-electron chi connectivity index (χ4n) is 2.78. The third kappa shape index (κ3) is 3.71. The molecule has 1 unspecified atom stereocenters. The van der Waals surface area contributed by atoms with E-state index in [0.29, 0.717) is 13.1 Å². The van der Waals surface area contributed by atoms with Crippen LogP contribution in [0.4, 0.5) is 0 Å². The van der Waals surface area contributed by atoms with Gasteiger partial charge in [-0.1, -0.05) is 24.3 Å². The number of benzene rings is 1. The molecule has 1 aromatic heterocycles. The van der Waals surface area contributed by atoms with Crippen LogP contribution in [0.15, 0.2) is 36.9 Å². The van der Waals surface area contributed by atoms with E-state index in [1.807, 2.05) is 18.2 Å². The number of amides is 1. The molecule has 1 fully saturated rings. The second-order valence-corrected chi connectivity index (χ2v) is 5.62. The van der Waals surface area contributed by atoms with Crippen LogP contribution in [0, 0.1) is 5.92 Å². The van der Waals surface area contributed by atoms with E-state index in [-0.39, 0.29) is 11.8 Å². The van der Waals surface area contributed by atoms with Crippen LogP contribution in [0.3, 0.4) is 0 Å². The third-order valence-corrected chi connectivity index (χ3v) is 4.04. The van der Waals surface area contributed by atoms with Crippen molar-refractivity contribution in [2.75, 3.05) is 13.1 Å². The van der Waals surface area contributed by atoms with E-state index in [4.69, 9.17) is 0 Å². The molecular weight excluding hydrogens is 278 g/mol. The van der Waals surface area contributed by atoms with Crippen LogP contribution in [0.25, 0.3) is 0 Å². The zero-order valence-electron chi connectivity index (χ0n) is 12.5. The van der Waals surface area contributed by atoms with Gasteiger partial charge in [-0.15, -0.1) is 0 Å². The fourth-order valence-corrected chi connectivity index (χ4v) is 2.78. The van der Waals surface area contributed by atoms with Crippen LogP contribution < -0.4 is 10.6 Å². The Morgan fingerprint density at radius 1 is 1.36 bits per heavy atom. The van der Waals surface area contributed by atoms with Gasteiger partial charge in [-0.2, -0.15) is 5.10 Å². The summed E-state index contributed by atoms with van der Waals surface area (Å²) in [6, 6.07) is 8.11. The second-order valence-electron chi connectivity index (χ2n) is 5.62. The molecule has 0 radical (unpaired) electrons. The highest BCUT2D eigenvalue weighted by Gasteiger charge is 2.20. The fraction of sp³-hybridized carbons (Fsp3) is 0.438. The summed E-state index contributed by atoms with van der Waals surface area (Å²) in [6.07, 6.45) is 5.27. The predicted molar refractivity (Wildman–Crippen MR) is 83.0 cm³/mol. The van der Waals surface area contributed by atoms with E-state index in [0.717, 1.165) is 37.1 Å². The van der Waals surface area contributed by atoms with Gasteiger partial charge >= 0.3 is 0 Å². The summed E-state index contributed by atoms with van der Waals surface area (Å²) in [5, 5.41) is 10.5. The van der Waals surface area contributed by atoms with Crippen LogP contribution in [0.5, 0.6) is 0 Å². The third-order valence-electron chi connectivity index (χ3n) is 4.04. The number of rotatable bonds is 5. The molecule has 2 aromatic rings. The molecule has 1 aromatic carbocycles. The molecule has 6 nitrogen and oxygen atoms in total. The van der Waals surface area contributed by atoms with Crippen molar-refractivity contribution in [1.29, 1.82) is 0 Å². The van der Waals surface area contributed by atoms with Crippen molar-refractivity contribution in [1.82, 2.24) is 25.4 Å². The first kappa shape index (κ1) is 14.7. The van der Waals surface area contributed by atoms with Gasteiger partial charge < -0.3 is 10.6 Å². The molecule has 0 spiro atoms. The smallest absolute Gasteiger partial charge is 0.224 e. The van der Waals surface area contributed by atoms with Gasteiger partial charge in [-0.3, -0.25) is 4.79 Å². The molecule has 0 saturated carbocycles. The summed E-state index contributed by atoms with van der Waals surface area (Å²) in [6.45, 7) is 3.02. The van der Waals surface area contributed by atoms with E-state index in [1.165, 1.54) is 6.33 Å². The largest absolute Gasteiger partial charge is 0.352 e. The number of nitrogens with one attached hydrogen (secondary N) is 2. The van der Waals surface area contributed by atoms with Crippen LogP contribution in [-0.2, 0) is 17.9 Å². The van der Waals surface area contributed by atoms with Crippen LogP contribution in [-0.4, -0.2) is 33.8 Å². The lowest BCUT2D eigenvalue weighted by atomic mass is 9.98. The molecule has 1 atom stereocenters. The zero-order valence-corrected chi connectivity index (χ0v) is 12.5. The van der Waals surface area contributed by atoms with Crippen LogP contribution in [0.1, 0.15) is 24.0 Å². The minimum atomic E-state index is 0.0937. The van der Waals surface area contributed by atoms with Gasteiger partial charge in [0.2, 0.25) is 5.91 Å². The molecule has 6 heteroatoms. The normalized spacial score (nSPS) is 18.1. The Kier molecular flexibility index (Phi) is 4.80. The molecule has 1 aliphatic heterocycles. The van der Waals surface area contributed by atoms with Gasteiger partial charge in [0, 0.05) is 13.1 Å². The summed E-state index contributed by atoms with van der Waals surface area (Å²) in [5.41, 5.74) is 2.27. The SMILES string of the molecule is O=C(NCc1ccccc1Cn1cncn1)C1CCCNC1. The topological polar surface area (TPSA) is 71.8 Å². The maximum absolute atomic E-state index is 12.2. The van der Waals surface area contributed by atoms with Crippen LogP contribution >= 0.6 is 0 Å². The van der Waals surface area contributed by atoms with Gasteiger partial charge in [-0.05, 0) is 30.5 Å². The average Bonchev–Trinajstić information content (AvgIpc) is 3.07. The van der Waals surface area contributed by atoms with Crippen molar-refractivity contribution < 1.29 is 4.79 Å². The van der Waals surface area contributed by atoms with Crippen molar-refractivity contribution in [2.24, 2.45) is 5.92 Å². The van der Waals surface area contributed by atoms with Gasteiger partial charge in [0.25, 0.3) is 0 Å². The predicted octanol–water partition coefficient (Wildman–Crippen LogP) is 0.942. The van der Waals surface area contributed by atoms with Gasteiger partial charge in [0.15, 0.2) is 0 Å². The first-order chi connectivity index (χ1) is 10.8. The first-order valence-corrected chi connectivity index (χ1v) is 7.70. The molecule has 0 bridgehead atoms. The Labute approximate surface area is 129 Å². The quantitative estimate of drug-likeness (QED) is 0.862. The molecule has 1 amide bonds. The second kappa shape index (κ2) is 7.17. The number of piperidine rings is 1. The van der Waals surface area contributed by atoms with Crippen molar-refractivity contribution in [3.05, 3.63) is 48.0 Å². The van der Waals surface area contributed by atoms with E-state index in [2.05, 4.69) is 26.8 Å². The maximum Gasteiger partial charge on any atom is 0.224 e. The highest BCUT2D eigenvalue weighted by atomic mass is 16.1. The highest BCUT2D eigenvalue weighted by molar-refractivity contribution is 5.79. The minimum absolute atomic E-state index is 0.0937. The molecule has 116 valence electrons. The summed E-state index contributed by atoms with van der Waals surface area (Å²) in [7, 11) is 0. The molecule has 0 aliphatic carbocycles. The van der Waals surface area contributed by atoms with Gasteiger partial charge in [0.05, 0.1) is 12.5 Å². The van der Waals surface area contributed by atoms with Gasteiger partial charge in [-0.25, -0.2) is 9.67 Å². The molecule has 22 heavy (non-hydrogen) atoms. The number of hydrogen-bond acceptors (Lipinski definition) is 4. The molecular formula is C16H21N5O. The first-order valence-electron chi connectivity index (χ1n) is 7.70. The van der Waals surface area contributed by atoms with Crippen molar-refractivity contribution in [3.8, 4) is 0 Å². The molecule has 1 saturated heterocycles. The van der Waals surface area contributed by atoms with E-state index in [1.54, 1.807) is 11.0 Å². The minimum Gasteiger partial charge on any atom is -0.352 e. The van der Waals surface area contributed by atoms with Crippen molar-refractivity contribution in [3.63, 3.8) is 0 Å². The lowest BCUT2D eigenvalue weighted by molar-refractivity contribution is -0.125. The number of hydrogen-bond donors (Lipinski definition) is 2. The Morgan fingerprint density at radius 3 is 2.95 bits per heavy atom. The van der Waals surface area contributed by atoms with Gasteiger partial charge in [0.1, 0.15) is 12.7 Å². The van der Waals surface area contributed by atoms with E-state index < -0.39 is 0 Å². The summed E-state index contributed by atoms with van der Waals surface area (Å²) in [4.78, 5) is 16.2. The molecule has 1 aliphatic rings. The summed E-state index contributed by atoms with van der Waals surface area (Å²) >= 11 is 0. The summed E-state index contributed by atoms with van der Waals surface area (Å²) < 4.78 is 1.78. The van der Waals surface area contributed by atoms with E-state index >= 15 is 0 Å². The monoisotopic (exact) mass is 299 g/mol. The number of carbonyl (C=O) groups excluding carboxylic acids is 1. The number of carbonyl (C=O) groups is 1. The maximum atomic E-state index is 12.2. The molecule has 2 N–H and O–H groups in total. The Morgan fingerprint density at radius 2 is 2.23 bits per heavy atom. The Bertz CT molecular complexity index is 605. The lowest BCUT2D eigenvalue weighted by Crippen LogP contribution is -2.40. The Balaban J connectivity index is 1.61. The molecule has 2 heterocycles. The lowest BCUT2D eigenvalue weighted by Gasteiger charge is -2.22. The molecule has 3 rings (SSSR count). The number of nitrogens with zero attached hydrogens (tertiary/aromatic N) is 3. The Hall–Kier alpha value is -2.21. The highest BCUT2D eigenvalue weighted by Crippen LogP contribution is 2.12.